The normalized spacial score (nSPS) is 15.5. The molecule has 9 heteroatoms. The molecule has 1 amide bonds. The smallest absolute Gasteiger partial charge is 0.255 e. The van der Waals surface area contributed by atoms with Crippen LogP contribution in [0.3, 0.4) is 0 Å². The van der Waals surface area contributed by atoms with E-state index in [1.807, 2.05) is 36.4 Å². The molecule has 9 nitrogen and oxygen atoms in total. The van der Waals surface area contributed by atoms with E-state index < -0.39 is 0 Å². The molecule has 4 aromatic rings. The quantitative estimate of drug-likeness (QED) is 0.419. The molecule has 35 heavy (non-hydrogen) atoms. The molecule has 0 N–H and O–H groups in total. The van der Waals surface area contributed by atoms with Gasteiger partial charge in [0.05, 0.1) is 37.2 Å². The molecule has 0 bridgehead atoms. The van der Waals surface area contributed by atoms with Gasteiger partial charge in [-0.2, -0.15) is 0 Å². The average Bonchev–Trinajstić information content (AvgIpc) is 2.94. The van der Waals surface area contributed by atoms with Crippen LogP contribution in [0.15, 0.2) is 79.5 Å². The zero-order chi connectivity index (χ0) is 24.0. The number of methoxy groups -OCH3 is 1. The summed E-state index contributed by atoms with van der Waals surface area (Å²) in [7, 11) is 1.62. The van der Waals surface area contributed by atoms with Gasteiger partial charge in [0.1, 0.15) is 23.9 Å². The van der Waals surface area contributed by atoms with E-state index in [4.69, 9.17) is 14.2 Å². The highest BCUT2D eigenvalue weighted by molar-refractivity contribution is 5.94. The van der Waals surface area contributed by atoms with E-state index in [9.17, 15) is 4.79 Å². The van der Waals surface area contributed by atoms with Crippen LogP contribution in [0.2, 0.25) is 0 Å². The van der Waals surface area contributed by atoms with Crippen molar-refractivity contribution >= 4 is 5.91 Å². The Morgan fingerprint density at radius 3 is 2.54 bits per heavy atom. The molecule has 5 rings (SSSR count). The van der Waals surface area contributed by atoms with Crippen molar-refractivity contribution in [3.8, 4) is 28.6 Å². The lowest BCUT2D eigenvalue weighted by Gasteiger charge is -2.32. The molecule has 4 heterocycles. The number of pyridine rings is 2. The zero-order valence-corrected chi connectivity index (χ0v) is 19.1. The van der Waals surface area contributed by atoms with Gasteiger partial charge in [0.25, 0.3) is 5.91 Å². The van der Waals surface area contributed by atoms with Crippen LogP contribution in [-0.2, 0) is 4.74 Å². The number of hydrogen-bond donors (Lipinski definition) is 0. The van der Waals surface area contributed by atoms with Gasteiger partial charge >= 0.3 is 0 Å². The van der Waals surface area contributed by atoms with Gasteiger partial charge in [-0.1, -0.05) is 6.07 Å². The summed E-state index contributed by atoms with van der Waals surface area (Å²) in [4.78, 5) is 31.9. The first-order valence-electron chi connectivity index (χ1n) is 11.1. The van der Waals surface area contributed by atoms with Gasteiger partial charge in [-0.15, -0.1) is 0 Å². The Balaban J connectivity index is 1.26. The fraction of sp³-hybridized carbons (Fsp3) is 0.192. The summed E-state index contributed by atoms with van der Waals surface area (Å²) >= 11 is 0. The fourth-order valence-electron chi connectivity index (χ4n) is 3.75. The highest BCUT2D eigenvalue weighted by atomic mass is 16.5. The maximum absolute atomic E-state index is 13.1. The maximum Gasteiger partial charge on any atom is 0.255 e. The van der Waals surface area contributed by atoms with Crippen LogP contribution in [-0.4, -0.2) is 57.5 Å². The summed E-state index contributed by atoms with van der Waals surface area (Å²) in [5.41, 5.74) is 2.71. The summed E-state index contributed by atoms with van der Waals surface area (Å²) in [6.45, 7) is 1.28. The third kappa shape index (κ3) is 5.25. The van der Waals surface area contributed by atoms with Crippen LogP contribution in [0.25, 0.3) is 11.3 Å². The van der Waals surface area contributed by atoms with Crippen molar-refractivity contribution in [3.63, 3.8) is 0 Å². The molecule has 0 saturated carbocycles. The molecule has 0 spiro atoms. The second-order valence-corrected chi connectivity index (χ2v) is 7.85. The number of carbonyl (C=O) groups excluding carboxylic acids is 1. The molecule has 1 fully saturated rings. The molecule has 1 aromatic carbocycles. The number of aromatic nitrogens is 4. The SMILES string of the molecule is COc1ccc(Oc2cccc([C@@H]3CN(C(=O)c4ccc(-c5cncnc5)nc4)CCO3)n2)cc1. The minimum absolute atomic E-state index is 0.104. The number of amides is 1. The Morgan fingerprint density at radius 1 is 1.00 bits per heavy atom. The van der Waals surface area contributed by atoms with Crippen molar-refractivity contribution < 1.29 is 19.0 Å². The van der Waals surface area contributed by atoms with Crippen LogP contribution in [0, 0.1) is 0 Å². The number of hydrogen-bond acceptors (Lipinski definition) is 8. The van der Waals surface area contributed by atoms with Crippen molar-refractivity contribution in [3.05, 3.63) is 90.8 Å². The van der Waals surface area contributed by atoms with Crippen LogP contribution in [0.4, 0.5) is 0 Å². The van der Waals surface area contributed by atoms with Crippen molar-refractivity contribution in [1.29, 1.82) is 0 Å². The van der Waals surface area contributed by atoms with Gasteiger partial charge in [-0.05, 0) is 42.5 Å². The summed E-state index contributed by atoms with van der Waals surface area (Å²) in [6, 6.07) is 16.4. The van der Waals surface area contributed by atoms with Gasteiger partial charge < -0.3 is 19.1 Å². The Hall–Kier alpha value is -4.37. The van der Waals surface area contributed by atoms with E-state index in [-0.39, 0.29) is 12.0 Å². The summed E-state index contributed by atoms with van der Waals surface area (Å²) < 4.78 is 17.0. The number of nitrogens with zero attached hydrogens (tertiary/aromatic N) is 5. The molecule has 1 aliphatic rings. The second kappa shape index (κ2) is 10.3. The minimum atomic E-state index is -0.360. The van der Waals surface area contributed by atoms with Gasteiger partial charge in [-0.25, -0.2) is 15.0 Å². The zero-order valence-electron chi connectivity index (χ0n) is 19.1. The molecule has 176 valence electrons. The lowest BCUT2D eigenvalue weighted by atomic mass is 10.1. The predicted molar refractivity (Wildman–Crippen MR) is 127 cm³/mol. The van der Waals surface area contributed by atoms with Crippen molar-refractivity contribution in [2.75, 3.05) is 26.8 Å². The van der Waals surface area contributed by atoms with Crippen LogP contribution in [0.5, 0.6) is 17.4 Å². The highest BCUT2D eigenvalue weighted by Crippen LogP contribution is 2.27. The lowest BCUT2D eigenvalue weighted by molar-refractivity contribution is -0.0248. The van der Waals surface area contributed by atoms with Crippen LogP contribution in [0.1, 0.15) is 22.2 Å². The van der Waals surface area contributed by atoms with Crippen molar-refractivity contribution in [2.24, 2.45) is 0 Å². The first-order chi connectivity index (χ1) is 17.2. The predicted octanol–water partition coefficient (Wildman–Crippen LogP) is 3.95. The van der Waals surface area contributed by atoms with Crippen LogP contribution < -0.4 is 9.47 Å². The van der Waals surface area contributed by atoms with E-state index >= 15 is 0 Å². The number of rotatable bonds is 6. The van der Waals surface area contributed by atoms with E-state index in [0.717, 1.165) is 11.3 Å². The summed E-state index contributed by atoms with van der Waals surface area (Å²) in [5.74, 6) is 1.74. The largest absolute Gasteiger partial charge is 0.497 e. The fourth-order valence-corrected chi connectivity index (χ4v) is 3.75. The molecule has 3 aromatic heterocycles. The molecule has 0 radical (unpaired) electrons. The monoisotopic (exact) mass is 469 g/mol. The topological polar surface area (TPSA) is 99.6 Å². The Labute approximate surface area is 202 Å². The molecule has 1 atom stereocenters. The number of benzene rings is 1. The second-order valence-electron chi connectivity index (χ2n) is 7.85. The average molecular weight is 470 g/mol. The standard InChI is InChI=1S/C26H23N5O4/c1-33-20-6-8-21(9-7-20)35-25-4-2-3-23(30-25)24-16-31(11-12-34-24)26(32)18-5-10-22(29-15-18)19-13-27-17-28-14-19/h2-10,13-15,17,24H,11-12,16H2,1H3/t24-/m0/s1. The van der Waals surface area contributed by atoms with Crippen molar-refractivity contribution in [2.45, 2.75) is 6.10 Å². The summed E-state index contributed by atoms with van der Waals surface area (Å²) in [6.07, 6.45) is 6.05. The number of morpholine rings is 1. The highest BCUT2D eigenvalue weighted by Gasteiger charge is 2.27. The Morgan fingerprint density at radius 2 is 1.80 bits per heavy atom. The van der Waals surface area contributed by atoms with E-state index in [1.165, 1.54) is 6.33 Å². The molecule has 0 unspecified atom stereocenters. The Kier molecular flexibility index (Phi) is 6.58. The summed E-state index contributed by atoms with van der Waals surface area (Å²) in [5, 5.41) is 0. The van der Waals surface area contributed by atoms with E-state index in [0.29, 0.717) is 48.3 Å². The van der Waals surface area contributed by atoms with Gasteiger partial charge in [0.15, 0.2) is 0 Å². The number of carbonyl (C=O) groups is 1. The molecular formula is C26H23N5O4. The molecule has 1 saturated heterocycles. The van der Waals surface area contributed by atoms with Gasteiger partial charge in [0, 0.05) is 36.8 Å². The third-order valence-corrected chi connectivity index (χ3v) is 5.58. The maximum atomic E-state index is 13.1. The van der Waals surface area contributed by atoms with Crippen molar-refractivity contribution in [1.82, 2.24) is 24.8 Å². The molecular weight excluding hydrogens is 446 g/mol. The lowest BCUT2D eigenvalue weighted by Crippen LogP contribution is -2.42. The van der Waals surface area contributed by atoms with Crippen LogP contribution >= 0.6 is 0 Å². The Bertz CT molecular complexity index is 1280. The van der Waals surface area contributed by atoms with Gasteiger partial charge in [0.2, 0.25) is 5.88 Å². The molecule has 0 aliphatic carbocycles. The third-order valence-electron chi connectivity index (χ3n) is 5.58. The first kappa shape index (κ1) is 22.4. The van der Waals surface area contributed by atoms with E-state index in [2.05, 4.69) is 19.9 Å². The molecule has 1 aliphatic heterocycles. The minimum Gasteiger partial charge on any atom is -0.497 e. The van der Waals surface area contributed by atoms with E-state index in [1.54, 1.807) is 48.8 Å². The van der Waals surface area contributed by atoms with Gasteiger partial charge in [-0.3, -0.25) is 9.78 Å². The first-order valence-corrected chi connectivity index (χ1v) is 11.1. The number of ether oxygens (including phenoxy) is 3.